The molecule has 3 rings (SSSR count). The zero-order valence-electron chi connectivity index (χ0n) is 17.1. The van der Waals surface area contributed by atoms with Gasteiger partial charge in [0.25, 0.3) is 5.91 Å². The van der Waals surface area contributed by atoms with Crippen LogP contribution in [0.25, 0.3) is 0 Å². The number of halogens is 1. The number of nitrogens with one attached hydrogen (secondary N) is 1. The monoisotopic (exact) mass is 399 g/mol. The lowest BCUT2D eigenvalue weighted by Crippen LogP contribution is -2.35. The van der Waals surface area contributed by atoms with Gasteiger partial charge in [-0.25, -0.2) is 4.39 Å². The van der Waals surface area contributed by atoms with Gasteiger partial charge < -0.3 is 15.3 Å². The number of benzene rings is 2. The molecular formula is C23H30FN3O2. The average molecular weight is 400 g/mol. The van der Waals surface area contributed by atoms with Crippen LogP contribution in [0.4, 0.5) is 10.1 Å². The van der Waals surface area contributed by atoms with E-state index in [1.54, 1.807) is 19.1 Å². The first kappa shape index (κ1) is 21.3. The molecule has 2 aromatic rings. The number of anilines is 1. The maximum atomic E-state index is 13.7. The van der Waals surface area contributed by atoms with Crippen molar-refractivity contribution in [3.63, 3.8) is 0 Å². The van der Waals surface area contributed by atoms with Crippen LogP contribution in [0.3, 0.4) is 0 Å². The average Bonchev–Trinajstić information content (AvgIpc) is 3.15. The van der Waals surface area contributed by atoms with Crippen LogP contribution in [0.1, 0.15) is 35.3 Å². The van der Waals surface area contributed by atoms with Gasteiger partial charge in [0.05, 0.1) is 12.1 Å². The topological polar surface area (TPSA) is 55.8 Å². The van der Waals surface area contributed by atoms with E-state index in [1.165, 1.54) is 5.56 Å². The summed E-state index contributed by atoms with van der Waals surface area (Å²) >= 11 is 0. The number of carbonyl (C=O) groups is 1. The van der Waals surface area contributed by atoms with E-state index in [-0.39, 0.29) is 18.5 Å². The highest BCUT2D eigenvalue weighted by Gasteiger charge is 2.27. The van der Waals surface area contributed by atoms with Crippen molar-refractivity contribution in [2.24, 2.45) is 0 Å². The number of hydrogen-bond acceptors (Lipinski definition) is 4. The van der Waals surface area contributed by atoms with Gasteiger partial charge in [-0.15, -0.1) is 0 Å². The smallest absolute Gasteiger partial charge is 0.251 e. The number of carbonyl (C=O) groups excluding carboxylic acids is 1. The standard InChI is InChI=1S/C23H30FN3O2/c1-17(28)14-25-23(29)19-8-10-21(11-9-19)26(2)22(18-6-4-3-5-7-18)16-27-13-12-20(24)15-27/h3-11,17,20,22,28H,12-16H2,1-2H3,(H,25,29). The van der Waals surface area contributed by atoms with Crippen molar-refractivity contribution in [2.45, 2.75) is 31.7 Å². The molecule has 0 bridgehead atoms. The van der Waals surface area contributed by atoms with Crippen molar-refractivity contribution in [1.29, 1.82) is 0 Å². The molecule has 156 valence electrons. The molecule has 29 heavy (non-hydrogen) atoms. The van der Waals surface area contributed by atoms with Crippen LogP contribution in [0.15, 0.2) is 54.6 Å². The number of alkyl halides is 1. The lowest BCUT2D eigenvalue weighted by atomic mass is 10.0. The van der Waals surface area contributed by atoms with Crippen LogP contribution >= 0.6 is 0 Å². The molecule has 2 aromatic carbocycles. The Kier molecular flexibility index (Phi) is 7.23. The van der Waals surface area contributed by atoms with Gasteiger partial charge in [-0.05, 0) is 43.2 Å². The molecule has 1 saturated heterocycles. The predicted molar refractivity (Wildman–Crippen MR) is 114 cm³/mol. The number of likely N-dealkylation sites (tertiary alicyclic amines) is 1. The highest BCUT2D eigenvalue weighted by atomic mass is 19.1. The molecule has 6 heteroatoms. The van der Waals surface area contributed by atoms with E-state index < -0.39 is 12.3 Å². The Hall–Kier alpha value is -2.44. The van der Waals surface area contributed by atoms with Crippen LogP contribution in [-0.4, -0.2) is 61.4 Å². The SMILES string of the molecule is CC(O)CNC(=O)c1ccc(N(C)C(CN2CCC(F)C2)c2ccccc2)cc1. The largest absolute Gasteiger partial charge is 0.392 e. The Labute approximate surface area is 172 Å². The quantitative estimate of drug-likeness (QED) is 0.717. The molecular weight excluding hydrogens is 369 g/mol. The number of amides is 1. The molecule has 1 aliphatic rings. The molecule has 3 unspecified atom stereocenters. The van der Waals surface area contributed by atoms with Gasteiger partial charge in [-0.2, -0.15) is 0 Å². The van der Waals surface area contributed by atoms with Crippen LogP contribution in [0, 0.1) is 0 Å². The molecule has 0 spiro atoms. The van der Waals surface area contributed by atoms with E-state index in [9.17, 15) is 14.3 Å². The van der Waals surface area contributed by atoms with Crippen LogP contribution in [-0.2, 0) is 0 Å². The Morgan fingerprint density at radius 3 is 2.52 bits per heavy atom. The highest BCUT2D eigenvalue weighted by molar-refractivity contribution is 5.94. The van der Waals surface area contributed by atoms with E-state index >= 15 is 0 Å². The first-order chi connectivity index (χ1) is 13.9. The zero-order chi connectivity index (χ0) is 20.8. The number of hydrogen-bond donors (Lipinski definition) is 2. The van der Waals surface area contributed by atoms with E-state index in [0.717, 1.165) is 18.8 Å². The number of rotatable bonds is 8. The molecule has 2 N–H and O–H groups in total. The fourth-order valence-corrected chi connectivity index (χ4v) is 3.69. The zero-order valence-corrected chi connectivity index (χ0v) is 17.1. The Bertz CT molecular complexity index is 782. The second-order valence-electron chi connectivity index (χ2n) is 7.79. The molecule has 5 nitrogen and oxygen atoms in total. The van der Waals surface area contributed by atoms with E-state index in [2.05, 4.69) is 27.2 Å². The van der Waals surface area contributed by atoms with Crippen LogP contribution in [0.2, 0.25) is 0 Å². The minimum absolute atomic E-state index is 0.0800. The lowest BCUT2D eigenvalue weighted by Gasteiger charge is -2.33. The van der Waals surface area contributed by atoms with Crippen molar-refractivity contribution in [3.05, 3.63) is 65.7 Å². The molecule has 0 aliphatic carbocycles. The van der Waals surface area contributed by atoms with Crippen molar-refractivity contribution >= 4 is 11.6 Å². The van der Waals surface area contributed by atoms with Crippen LogP contribution < -0.4 is 10.2 Å². The second kappa shape index (κ2) is 9.85. The fourth-order valence-electron chi connectivity index (χ4n) is 3.69. The van der Waals surface area contributed by atoms with Gasteiger partial charge in [0, 0.05) is 44.5 Å². The number of nitrogens with zero attached hydrogens (tertiary/aromatic N) is 2. The summed E-state index contributed by atoms with van der Waals surface area (Å²) in [5, 5.41) is 12.0. The van der Waals surface area contributed by atoms with Crippen LogP contribution in [0.5, 0.6) is 0 Å². The third kappa shape index (κ3) is 5.78. The highest BCUT2D eigenvalue weighted by Crippen LogP contribution is 2.28. The minimum Gasteiger partial charge on any atom is -0.392 e. The first-order valence-electron chi connectivity index (χ1n) is 10.1. The Balaban J connectivity index is 1.74. The van der Waals surface area contributed by atoms with Crippen molar-refractivity contribution in [3.8, 4) is 0 Å². The molecule has 0 aromatic heterocycles. The summed E-state index contributed by atoms with van der Waals surface area (Å²) < 4.78 is 13.7. The molecule has 1 heterocycles. The maximum absolute atomic E-state index is 13.7. The maximum Gasteiger partial charge on any atom is 0.251 e. The van der Waals surface area contributed by atoms with Crippen molar-refractivity contribution in [2.75, 3.05) is 38.1 Å². The summed E-state index contributed by atoms with van der Waals surface area (Å²) in [5.41, 5.74) is 2.72. The summed E-state index contributed by atoms with van der Waals surface area (Å²) in [6, 6.07) is 17.7. The van der Waals surface area contributed by atoms with Crippen molar-refractivity contribution < 1.29 is 14.3 Å². The van der Waals surface area contributed by atoms with E-state index in [4.69, 9.17) is 0 Å². The second-order valence-corrected chi connectivity index (χ2v) is 7.79. The molecule has 3 atom stereocenters. The Morgan fingerprint density at radius 2 is 1.93 bits per heavy atom. The van der Waals surface area contributed by atoms with E-state index in [0.29, 0.717) is 18.5 Å². The van der Waals surface area contributed by atoms with Gasteiger partial charge in [-0.1, -0.05) is 30.3 Å². The molecule has 0 radical (unpaired) electrons. The number of aliphatic hydroxyl groups excluding tert-OH is 1. The third-order valence-electron chi connectivity index (χ3n) is 5.39. The first-order valence-corrected chi connectivity index (χ1v) is 10.1. The van der Waals surface area contributed by atoms with Gasteiger partial charge in [0.1, 0.15) is 6.17 Å². The summed E-state index contributed by atoms with van der Waals surface area (Å²) in [4.78, 5) is 16.5. The lowest BCUT2D eigenvalue weighted by molar-refractivity contribution is 0.0924. The number of likely N-dealkylation sites (N-methyl/N-ethyl adjacent to an activating group) is 1. The predicted octanol–water partition coefficient (Wildman–Crippen LogP) is 3.02. The summed E-state index contributed by atoms with van der Waals surface area (Å²) in [5.74, 6) is -0.203. The van der Waals surface area contributed by atoms with Gasteiger partial charge in [0.2, 0.25) is 0 Å². The number of aliphatic hydroxyl groups is 1. The van der Waals surface area contributed by atoms with Crippen molar-refractivity contribution in [1.82, 2.24) is 10.2 Å². The molecule has 1 fully saturated rings. The normalized spacial score (nSPS) is 19.0. The summed E-state index contributed by atoms with van der Waals surface area (Å²) in [6.45, 7) is 3.87. The molecule has 1 amide bonds. The summed E-state index contributed by atoms with van der Waals surface area (Å²) in [7, 11) is 2.03. The van der Waals surface area contributed by atoms with E-state index in [1.807, 2.05) is 37.4 Å². The summed E-state index contributed by atoms with van der Waals surface area (Å²) in [6.07, 6.45) is -0.719. The third-order valence-corrected chi connectivity index (χ3v) is 5.39. The Morgan fingerprint density at radius 1 is 1.24 bits per heavy atom. The van der Waals surface area contributed by atoms with Gasteiger partial charge >= 0.3 is 0 Å². The molecule has 0 saturated carbocycles. The molecule has 1 aliphatic heterocycles. The van der Waals surface area contributed by atoms with Gasteiger partial charge in [0.15, 0.2) is 0 Å². The fraction of sp³-hybridized carbons (Fsp3) is 0.435. The van der Waals surface area contributed by atoms with Gasteiger partial charge in [-0.3, -0.25) is 9.69 Å². The minimum atomic E-state index is -0.740.